The summed E-state index contributed by atoms with van der Waals surface area (Å²) in [4.78, 5) is 10.7. The third-order valence-electron chi connectivity index (χ3n) is 2.40. The van der Waals surface area contributed by atoms with Crippen LogP contribution in [0.2, 0.25) is 0 Å². The van der Waals surface area contributed by atoms with Crippen LogP contribution in [0.3, 0.4) is 0 Å². The molecule has 0 atom stereocenters. The number of carboxylic acid groups (broad SMARTS) is 1. The summed E-state index contributed by atoms with van der Waals surface area (Å²) >= 11 is 0. The van der Waals surface area contributed by atoms with Crippen LogP contribution < -0.4 is 0 Å². The molecular formula is C12H8F3NO3. The number of nitrogens with zero attached hydrogens (tertiary/aromatic N) is 1. The van der Waals surface area contributed by atoms with E-state index in [2.05, 4.69) is 5.16 Å². The SMILES string of the molecule is O=C(O)c1cc(-c2ccccc2CC(F)(F)F)on1. The van der Waals surface area contributed by atoms with Crippen LogP contribution >= 0.6 is 0 Å². The van der Waals surface area contributed by atoms with Gasteiger partial charge in [0.15, 0.2) is 11.5 Å². The molecule has 0 unspecified atom stereocenters. The monoisotopic (exact) mass is 271 g/mol. The van der Waals surface area contributed by atoms with Gasteiger partial charge in [0.25, 0.3) is 0 Å². The van der Waals surface area contributed by atoms with Crippen molar-refractivity contribution in [3.8, 4) is 11.3 Å². The molecule has 2 rings (SSSR count). The molecule has 7 heteroatoms. The number of aromatic carboxylic acids is 1. The van der Waals surface area contributed by atoms with Crippen LogP contribution in [0.5, 0.6) is 0 Å². The second-order valence-electron chi connectivity index (χ2n) is 3.83. The van der Waals surface area contributed by atoms with Crippen molar-refractivity contribution in [2.45, 2.75) is 12.6 Å². The number of hydrogen-bond donors (Lipinski definition) is 1. The van der Waals surface area contributed by atoms with Gasteiger partial charge in [0.2, 0.25) is 0 Å². The van der Waals surface area contributed by atoms with Crippen molar-refractivity contribution in [1.29, 1.82) is 0 Å². The minimum absolute atomic E-state index is 0.00255. The lowest BCUT2D eigenvalue weighted by Gasteiger charge is -2.09. The highest BCUT2D eigenvalue weighted by molar-refractivity contribution is 5.86. The summed E-state index contributed by atoms with van der Waals surface area (Å²) in [5.41, 5.74) is -0.167. The van der Waals surface area contributed by atoms with E-state index in [1.165, 1.54) is 24.3 Å². The van der Waals surface area contributed by atoms with Crippen molar-refractivity contribution >= 4 is 5.97 Å². The minimum Gasteiger partial charge on any atom is -0.476 e. The lowest BCUT2D eigenvalue weighted by molar-refractivity contribution is -0.127. The zero-order valence-electron chi connectivity index (χ0n) is 9.44. The maximum atomic E-state index is 12.4. The Morgan fingerprint density at radius 2 is 2.00 bits per heavy atom. The van der Waals surface area contributed by atoms with Gasteiger partial charge in [-0.15, -0.1) is 0 Å². The summed E-state index contributed by atoms with van der Waals surface area (Å²) in [6, 6.07) is 6.84. The topological polar surface area (TPSA) is 63.3 Å². The van der Waals surface area contributed by atoms with Crippen LogP contribution in [0.4, 0.5) is 13.2 Å². The Hall–Kier alpha value is -2.31. The predicted molar refractivity (Wildman–Crippen MR) is 58.7 cm³/mol. The summed E-state index contributed by atoms with van der Waals surface area (Å²) in [5, 5.41) is 12.0. The summed E-state index contributed by atoms with van der Waals surface area (Å²) in [5.74, 6) is -1.31. The Morgan fingerprint density at radius 1 is 1.32 bits per heavy atom. The molecule has 0 bridgehead atoms. The van der Waals surface area contributed by atoms with E-state index in [0.29, 0.717) is 0 Å². The fourth-order valence-electron chi connectivity index (χ4n) is 1.63. The van der Waals surface area contributed by atoms with Crippen LogP contribution in [-0.4, -0.2) is 22.4 Å². The first kappa shape index (κ1) is 13.1. The summed E-state index contributed by atoms with van der Waals surface area (Å²) in [7, 11) is 0. The molecule has 0 saturated carbocycles. The first-order chi connectivity index (χ1) is 8.87. The molecule has 0 amide bonds. The largest absolute Gasteiger partial charge is 0.476 e. The highest BCUT2D eigenvalue weighted by Crippen LogP contribution is 2.29. The average molecular weight is 271 g/mol. The maximum absolute atomic E-state index is 12.4. The third-order valence-corrected chi connectivity index (χ3v) is 2.40. The molecular weight excluding hydrogens is 263 g/mol. The highest BCUT2D eigenvalue weighted by atomic mass is 19.4. The van der Waals surface area contributed by atoms with Gasteiger partial charge in [0.05, 0.1) is 6.42 Å². The number of carboxylic acids is 1. The van der Waals surface area contributed by atoms with Crippen molar-refractivity contribution in [3.63, 3.8) is 0 Å². The van der Waals surface area contributed by atoms with E-state index < -0.39 is 18.6 Å². The second-order valence-corrected chi connectivity index (χ2v) is 3.83. The number of halogens is 3. The molecule has 1 N–H and O–H groups in total. The molecule has 2 aromatic rings. The van der Waals surface area contributed by atoms with Crippen LogP contribution in [0.25, 0.3) is 11.3 Å². The van der Waals surface area contributed by atoms with Crippen molar-refractivity contribution < 1.29 is 27.6 Å². The normalized spacial score (nSPS) is 11.5. The van der Waals surface area contributed by atoms with Crippen molar-refractivity contribution in [2.75, 3.05) is 0 Å². The Labute approximate surface area is 105 Å². The molecule has 0 spiro atoms. The van der Waals surface area contributed by atoms with Gasteiger partial charge in [-0.25, -0.2) is 4.79 Å². The van der Waals surface area contributed by atoms with Crippen LogP contribution in [0.15, 0.2) is 34.9 Å². The summed E-state index contributed by atoms with van der Waals surface area (Å²) in [6.07, 6.45) is -5.47. The van der Waals surface area contributed by atoms with Gasteiger partial charge < -0.3 is 9.63 Å². The van der Waals surface area contributed by atoms with Gasteiger partial charge in [-0.1, -0.05) is 29.4 Å². The smallest absolute Gasteiger partial charge is 0.393 e. The van der Waals surface area contributed by atoms with Crippen LogP contribution in [0.1, 0.15) is 16.1 Å². The second kappa shape index (κ2) is 4.75. The quantitative estimate of drug-likeness (QED) is 0.931. The molecule has 0 aliphatic rings. The minimum atomic E-state index is -4.36. The zero-order valence-corrected chi connectivity index (χ0v) is 9.44. The van der Waals surface area contributed by atoms with Crippen molar-refractivity contribution in [1.82, 2.24) is 5.16 Å². The molecule has 4 nitrogen and oxygen atoms in total. The zero-order chi connectivity index (χ0) is 14.0. The third kappa shape index (κ3) is 3.12. The van der Waals surface area contributed by atoms with Crippen LogP contribution in [-0.2, 0) is 6.42 Å². The molecule has 19 heavy (non-hydrogen) atoms. The Balaban J connectivity index is 2.41. The molecule has 1 aromatic carbocycles. The maximum Gasteiger partial charge on any atom is 0.393 e. The number of benzene rings is 1. The molecule has 0 aliphatic carbocycles. The number of rotatable bonds is 3. The molecule has 0 saturated heterocycles. The molecule has 0 fully saturated rings. The lowest BCUT2D eigenvalue weighted by atomic mass is 10.0. The van der Waals surface area contributed by atoms with E-state index >= 15 is 0 Å². The number of carbonyl (C=O) groups is 1. The van der Waals surface area contributed by atoms with E-state index in [1.54, 1.807) is 0 Å². The number of aromatic nitrogens is 1. The number of hydrogen-bond acceptors (Lipinski definition) is 3. The van der Waals surface area contributed by atoms with Gasteiger partial charge in [-0.2, -0.15) is 13.2 Å². The fourth-order valence-corrected chi connectivity index (χ4v) is 1.63. The standard InChI is InChI=1S/C12H8F3NO3/c13-12(14,15)6-7-3-1-2-4-8(7)10-5-9(11(17)18)16-19-10/h1-5H,6H2,(H,17,18). The van der Waals surface area contributed by atoms with E-state index in [-0.39, 0.29) is 22.6 Å². The van der Waals surface area contributed by atoms with E-state index in [1.807, 2.05) is 0 Å². The Bertz CT molecular complexity index is 604. The Morgan fingerprint density at radius 3 is 2.58 bits per heavy atom. The summed E-state index contributed by atoms with van der Waals surface area (Å²) in [6.45, 7) is 0. The Kier molecular flexibility index (Phi) is 3.28. The molecule has 1 heterocycles. The van der Waals surface area contributed by atoms with Gasteiger partial charge in [-0.05, 0) is 5.56 Å². The molecule has 100 valence electrons. The van der Waals surface area contributed by atoms with E-state index in [4.69, 9.17) is 9.63 Å². The lowest BCUT2D eigenvalue weighted by Crippen LogP contribution is -2.12. The van der Waals surface area contributed by atoms with Crippen molar-refractivity contribution in [3.05, 3.63) is 41.6 Å². The average Bonchev–Trinajstić information content (AvgIpc) is 2.76. The summed E-state index contributed by atoms with van der Waals surface area (Å²) < 4.78 is 42.1. The fraction of sp³-hybridized carbons (Fsp3) is 0.167. The first-order valence-electron chi connectivity index (χ1n) is 5.22. The highest BCUT2D eigenvalue weighted by Gasteiger charge is 2.29. The van der Waals surface area contributed by atoms with Gasteiger partial charge in [0, 0.05) is 11.6 Å². The first-order valence-corrected chi connectivity index (χ1v) is 5.22. The van der Waals surface area contributed by atoms with Crippen molar-refractivity contribution in [2.24, 2.45) is 0 Å². The molecule has 1 aromatic heterocycles. The molecule has 0 aliphatic heterocycles. The predicted octanol–water partition coefficient (Wildman–Crippen LogP) is 3.14. The molecule has 0 radical (unpaired) electrons. The van der Waals surface area contributed by atoms with E-state index in [0.717, 1.165) is 6.07 Å². The van der Waals surface area contributed by atoms with Gasteiger partial charge in [-0.3, -0.25) is 0 Å². The number of alkyl halides is 3. The van der Waals surface area contributed by atoms with Gasteiger partial charge >= 0.3 is 12.1 Å². The van der Waals surface area contributed by atoms with Crippen LogP contribution in [0, 0.1) is 0 Å². The van der Waals surface area contributed by atoms with Gasteiger partial charge in [0.1, 0.15) is 0 Å². The van der Waals surface area contributed by atoms with E-state index in [9.17, 15) is 18.0 Å².